The number of sulfone groups is 1. The molecule has 2 rings (SSSR count). The Morgan fingerprint density at radius 3 is 2.07 bits per heavy atom. The highest BCUT2D eigenvalue weighted by Crippen LogP contribution is 2.33. The molecule has 0 aliphatic heterocycles. The highest BCUT2D eigenvalue weighted by molar-refractivity contribution is 7.92. The zero-order valence-electron chi connectivity index (χ0n) is 17.0. The van der Waals surface area contributed by atoms with Crippen LogP contribution in [0.4, 0.5) is 0 Å². The van der Waals surface area contributed by atoms with Gasteiger partial charge in [0.1, 0.15) is 11.6 Å². The Hall–Kier alpha value is -1.49. The van der Waals surface area contributed by atoms with Crippen LogP contribution in [0.25, 0.3) is 0 Å². The van der Waals surface area contributed by atoms with E-state index in [0.29, 0.717) is 12.8 Å². The summed E-state index contributed by atoms with van der Waals surface area (Å²) in [6, 6.07) is 7.69. The third-order valence-corrected chi connectivity index (χ3v) is 8.29. The van der Waals surface area contributed by atoms with Crippen LogP contribution in [0.2, 0.25) is 0 Å². The summed E-state index contributed by atoms with van der Waals surface area (Å²) in [6.07, 6.45) is 3.94. The van der Waals surface area contributed by atoms with Crippen LogP contribution in [0, 0.1) is 11.8 Å². The largest absolute Gasteiger partial charge is 0.300 e. The first-order valence-electron chi connectivity index (χ1n) is 9.80. The Morgan fingerprint density at radius 2 is 1.56 bits per heavy atom. The Morgan fingerprint density at radius 1 is 1.00 bits per heavy atom. The second-order valence-corrected chi connectivity index (χ2v) is 11.7. The summed E-state index contributed by atoms with van der Waals surface area (Å²) in [5.41, 5.74) is 1.90. The molecule has 1 aromatic rings. The van der Waals surface area contributed by atoms with Gasteiger partial charge < -0.3 is 0 Å². The number of hydrogen-bond donors (Lipinski definition) is 0. The van der Waals surface area contributed by atoms with Gasteiger partial charge in [0.25, 0.3) is 0 Å². The average Bonchev–Trinajstić information content (AvgIpc) is 2.53. The summed E-state index contributed by atoms with van der Waals surface area (Å²) in [5.74, 6) is 0.756. The minimum atomic E-state index is -3.11. The van der Waals surface area contributed by atoms with Crippen LogP contribution in [-0.2, 0) is 32.3 Å². The van der Waals surface area contributed by atoms with E-state index in [1.54, 1.807) is 27.7 Å². The second kappa shape index (κ2) is 8.68. The molecule has 0 unspecified atom stereocenters. The number of ketones is 2. The maximum absolute atomic E-state index is 12.7. The third-order valence-electron chi connectivity index (χ3n) is 5.51. The van der Waals surface area contributed by atoms with Crippen molar-refractivity contribution in [2.24, 2.45) is 11.8 Å². The normalized spacial score (nSPS) is 21.0. The zero-order valence-corrected chi connectivity index (χ0v) is 17.8. The summed E-state index contributed by atoms with van der Waals surface area (Å²) in [4.78, 5) is 23.9. The van der Waals surface area contributed by atoms with Crippen molar-refractivity contribution in [3.05, 3.63) is 35.4 Å². The van der Waals surface area contributed by atoms with Gasteiger partial charge in [-0.2, -0.15) is 0 Å². The van der Waals surface area contributed by atoms with Crippen molar-refractivity contribution in [3.63, 3.8) is 0 Å². The predicted octanol–water partition coefficient (Wildman–Crippen LogP) is 3.95. The van der Waals surface area contributed by atoms with Crippen molar-refractivity contribution in [1.29, 1.82) is 0 Å². The van der Waals surface area contributed by atoms with Gasteiger partial charge in [0.05, 0.1) is 10.5 Å². The number of hydrogen-bond acceptors (Lipinski definition) is 4. The quantitative estimate of drug-likeness (QED) is 0.704. The summed E-state index contributed by atoms with van der Waals surface area (Å²) in [6.45, 7) is 6.81. The molecule has 0 heterocycles. The Bertz CT molecular complexity index is 779. The molecule has 150 valence electrons. The Labute approximate surface area is 163 Å². The number of rotatable bonds is 7. The molecule has 1 fully saturated rings. The van der Waals surface area contributed by atoms with E-state index in [4.69, 9.17) is 0 Å². The molecular weight excluding hydrogens is 360 g/mol. The minimum Gasteiger partial charge on any atom is -0.300 e. The van der Waals surface area contributed by atoms with Crippen LogP contribution in [0.1, 0.15) is 64.5 Å². The summed E-state index contributed by atoms with van der Waals surface area (Å²) in [5, 5.41) is 0. The summed E-state index contributed by atoms with van der Waals surface area (Å²) in [7, 11) is -3.11. The second-order valence-electron chi connectivity index (χ2n) is 8.95. The molecule has 0 spiro atoms. The van der Waals surface area contributed by atoms with Crippen molar-refractivity contribution in [3.8, 4) is 0 Å². The summed E-state index contributed by atoms with van der Waals surface area (Å²) < 4.78 is 24.1. The molecule has 0 amide bonds. The molecule has 5 heteroatoms. The van der Waals surface area contributed by atoms with E-state index in [1.165, 1.54) is 0 Å². The van der Waals surface area contributed by atoms with E-state index < -0.39 is 14.6 Å². The van der Waals surface area contributed by atoms with Gasteiger partial charge in [-0.3, -0.25) is 9.59 Å². The Balaban J connectivity index is 1.89. The lowest BCUT2D eigenvalue weighted by atomic mass is 9.79. The first-order valence-corrected chi connectivity index (χ1v) is 11.5. The average molecular weight is 393 g/mol. The van der Waals surface area contributed by atoms with Crippen molar-refractivity contribution >= 4 is 21.4 Å². The highest BCUT2D eigenvalue weighted by Gasteiger charge is 2.34. The number of Topliss-reactive ketones (excluding diaryl/α,β-unsaturated/α-hetero) is 2. The van der Waals surface area contributed by atoms with Gasteiger partial charge in [-0.05, 0) is 70.4 Å². The highest BCUT2D eigenvalue weighted by atomic mass is 32.2. The molecular formula is C22H32O4S. The fourth-order valence-corrected chi connectivity index (χ4v) is 5.15. The molecule has 1 aliphatic rings. The lowest BCUT2D eigenvalue weighted by Gasteiger charge is -2.30. The Kier molecular flexibility index (Phi) is 7.01. The van der Waals surface area contributed by atoms with Gasteiger partial charge in [-0.25, -0.2) is 8.42 Å². The zero-order chi connectivity index (χ0) is 20.2. The standard InChI is InChI=1S/C22H32O4S/c1-16(23)12-18-6-5-7-19(13-18)14-21(24)20-10-8-17(9-11-20)15-27(25,26)22(2,3)4/h5-7,13,17,20H,8-12,14-15H2,1-4H3. The molecule has 0 aromatic heterocycles. The van der Waals surface area contributed by atoms with E-state index in [-0.39, 0.29) is 29.2 Å². The maximum Gasteiger partial charge on any atom is 0.155 e. The molecule has 0 radical (unpaired) electrons. The third kappa shape index (κ3) is 6.27. The molecule has 1 saturated carbocycles. The fraction of sp³-hybridized carbons (Fsp3) is 0.636. The smallest absolute Gasteiger partial charge is 0.155 e. The topological polar surface area (TPSA) is 68.3 Å². The predicted molar refractivity (Wildman–Crippen MR) is 109 cm³/mol. The van der Waals surface area contributed by atoms with Crippen LogP contribution in [0.3, 0.4) is 0 Å². The van der Waals surface area contributed by atoms with Crippen molar-refractivity contribution in [1.82, 2.24) is 0 Å². The first-order chi connectivity index (χ1) is 12.5. The van der Waals surface area contributed by atoms with Gasteiger partial charge in [-0.1, -0.05) is 24.3 Å². The first kappa shape index (κ1) is 21.8. The molecule has 0 atom stereocenters. The lowest BCUT2D eigenvalue weighted by molar-refractivity contribution is -0.123. The van der Waals surface area contributed by atoms with Crippen LogP contribution in [-0.4, -0.2) is 30.5 Å². The van der Waals surface area contributed by atoms with Crippen molar-refractivity contribution in [2.45, 2.75) is 71.0 Å². The van der Waals surface area contributed by atoms with E-state index >= 15 is 0 Å². The molecule has 0 N–H and O–H groups in total. The van der Waals surface area contributed by atoms with Gasteiger partial charge in [0, 0.05) is 18.8 Å². The van der Waals surface area contributed by atoms with Crippen LogP contribution < -0.4 is 0 Å². The molecule has 27 heavy (non-hydrogen) atoms. The van der Waals surface area contributed by atoms with E-state index in [9.17, 15) is 18.0 Å². The van der Waals surface area contributed by atoms with Gasteiger partial charge in [-0.15, -0.1) is 0 Å². The number of carbonyl (C=O) groups excluding carboxylic acids is 2. The van der Waals surface area contributed by atoms with Gasteiger partial charge in [0.2, 0.25) is 0 Å². The van der Waals surface area contributed by atoms with Crippen molar-refractivity contribution < 1.29 is 18.0 Å². The monoisotopic (exact) mass is 392 g/mol. The van der Waals surface area contributed by atoms with E-state index in [0.717, 1.165) is 36.8 Å². The van der Waals surface area contributed by atoms with Gasteiger partial charge in [0.15, 0.2) is 9.84 Å². The molecule has 0 bridgehead atoms. The molecule has 4 nitrogen and oxygen atoms in total. The van der Waals surface area contributed by atoms with Crippen LogP contribution >= 0.6 is 0 Å². The van der Waals surface area contributed by atoms with Crippen LogP contribution in [0.5, 0.6) is 0 Å². The SMILES string of the molecule is CC(=O)Cc1cccc(CC(=O)C2CCC(CS(=O)(=O)C(C)(C)C)CC2)c1. The number of benzene rings is 1. The van der Waals surface area contributed by atoms with Crippen LogP contribution in [0.15, 0.2) is 24.3 Å². The van der Waals surface area contributed by atoms with Crippen molar-refractivity contribution in [2.75, 3.05) is 5.75 Å². The summed E-state index contributed by atoms with van der Waals surface area (Å²) >= 11 is 0. The number of carbonyl (C=O) groups is 2. The molecule has 0 saturated heterocycles. The molecule has 1 aromatic carbocycles. The minimum absolute atomic E-state index is 0.0232. The van der Waals surface area contributed by atoms with Gasteiger partial charge >= 0.3 is 0 Å². The molecule has 1 aliphatic carbocycles. The lowest BCUT2D eigenvalue weighted by Crippen LogP contribution is -2.35. The maximum atomic E-state index is 12.7. The van der Waals surface area contributed by atoms with E-state index in [2.05, 4.69) is 0 Å². The fourth-order valence-electron chi connectivity index (χ4n) is 3.69. The van der Waals surface area contributed by atoms with E-state index in [1.807, 2.05) is 24.3 Å².